The number of carbonyl (C=O) groups is 1. The van der Waals surface area contributed by atoms with Gasteiger partial charge < -0.3 is 15.2 Å². The number of carbonyl (C=O) groups excluding carboxylic acids is 1. The van der Waals surface area contributed by atoms with E-state index in [0.29, 0.717) is 17.8 Å². The van der Waals surface area contributed by atoms with Gasteiger partial charge in [-0.25, -0.2) is 8.42 Å². The molecule has 0 radical (unpaired) electrons. The standard InChI is InChI=1S/C24H34N2O5S/c1-6-17-10-9-11-21(19(17)7-2)26-32(29,30)23-13-12-18(14-22(23)31-8-3)25-24(28)20(15-27)16(4)5/h9-14,16,20,26-27H,6-8,15H2,1-5H3,(H,25,28)/t20-/m0/s1. The van der Waals surface area contributed by atoms with Crippen molar-refractivity contribution in [3.63, 3.8) is 0 Å². The summed E-state index contributed by atoms with van der Waals surface area (Å²) >= 11 is 0. The third-order valence-electron chi connectivity index (χ3n) is 5.39. The number of aryl methyl sites for hydroxylation is 1. The quantitative estimate of drug-likeness (QED) is 0.464. The van der Waals surface area contributed by atoms with Gasteiger partial charge in [-0.3, -0.25) is 9.52 Å². The highest BCUT2D eigenvalue weighted by molar-refractivity contribution is 7.92. The van der Waals surface area contributed by atoms with E-state index < -0.39 is 15.9 Å². The Kier molecular flexibility index (Phi) is 9.09. The molecule has 0 aliphatic rings. The number of hydrogen-bond donors (Lipinski definition) is 3. The Morgan fingerprint density at radius 1 is 1.09 bits per heavy atom. The number of aliphatic hydroxyl groups excluding tert-OH is 1. The van der Waals surface area contributed by atoms with Crippen LogP contribution in [0, 0.1) is 11.8 Å². The maximum Gasteiger partial charge on any atom is 0.265 e. The van der Waals surface area contributed by atoms with Crippen molar-refractivity contribution in [2.75, 3.05) is 23.3 Å². The zero-order chi connectivity index (χ0) is 23.9. The van der Waals surface area contributed by atoms with E-state index in [9.17, 15) is 18.3 Å². The number of rotatable bonds is 11. The van der Waals surface area contributed by atoms with Crippen LogP contribution in [0.5, 0.6) is 5.75 Å². The molecule has 1 amide bonds. The van der Waals surface area contributed by atoms with Crippen LogP contribution in [0.4, 0.5) is 11.4 Å². The van der Waals surface area contributed by atoms with Crippen LogP contribution in [-0.4, -0.2) is 32.6 Å². The summed E-state index contributed by atoms with van der Waals surface area (Å²) in [5, 5.41) is 12.2. The molecule has 1 atom stereocenters. The first kappa shape index (κ1) is 25.7. The summed E-state index contributed by atoms with van der Waals surface area (Å²) in [6.07, 6.45) is 1.51. The monoisotopic (exact) mass is 462 g/mol. The first-order valence-electron chi connectivity index (χ1n) is 11.0. The molecular weight excluding hydrogens is 428 g/mol. The second-order valence-electron chi connectivity index (χ2n) is 7.87. The molecule has 0 aromatic heterocycles. The SMILES string of the molecule is CCOc1cc(NC(=O)[C@@H](CO)C(C)C)ccc1S(=O)(=O)Nc1cccc(CC)c1CC. The molecular formula is C24H34N2O5S. The van der Waals surface area contributed by atoms with Crippen molar-refractivity contribution in [1.82, 2.24) is 0 Å². The van der Waals surface area contributed by atoms with Crippen LogP contribution in [0.3, 0.4) is 0 Å². The van der Waals surface area contributed by atoms with Gasteiger partial charge in [0.2, 0.25) is 5.91 Å². The summed E-state index contributed by atoms with van der Waals surface area (Å²) < 4.78 is 34.8. The van der Waals surface area contributed by atoms with E-state index in [4.69, 9.17) is 4.74 Å². The number of anilines is 2. The van der Waals surface area contributed by atoms with Crippen molar-refractivity contribution in [2.24, 2.45) is 11.8 Å². The third kappa shape index (κ3) is 6.01. The molecule has 0 aliphatic heterocycles. The predicted molar refractivity (Wildman–Crippen MR) is 128 cm³/mol. The average molecular weight is 463 g/mol. The minimum atomic E-state index is -3.93. The molecule has 0 fully saturated rings. The molecule has 0 bridgehead atoms. The zero-order valence-electron chi connectivity index (χ0n) is 19.4. The number of ether oxygens (including phenoxy) is 1. The number of nitrogens with one attached hydrogen (secondary N) is 2. The van der Waals surface area contributed by atoms with E-state index >= 15 is 0 Å². The van der Waals surface area contributed by atoms with Gasteiger partial charge in [0.25, 0.3) is 10.0 Å². The van der Waals surface area contributed by atoms with Gasteiger partial charge in [0, 0.05) is 11.8 Å². The first-order valence-corrected chi connectivity index (χ1v) is 12.5. The fraction of sp³-hybridized carbons (Fsp3) is 0.458. The normalized spacial score (nSPS) is 12.5. The minimum absolute atomic E-state index is 0.0103. The van der Waals surface area contributed by atoms with E-state index in [1.165, 1.54) is 18.2 Å². The predicted octanol–water partition coefficient (Wildman–Crippen LogP) is 4.21. The van der Waals surface area contributed by atoms with Crippen LogP contribution >= 0.6 is 0 Å². The average Bonchev–Trinajstić information content (AvgIpc) is 2.73. The number of hydrogen-bond acceptors (Lipinski definition) is 5. The van der Waals surface area contributed by atoms with E-state index in [-0.39, 0.29) is 35.7 Å². The first-order chi connectivity index (χ1) is 15.2. The number of aliphatic hydroxyl groups is 1. The molecule has 0 saturated carbocycles. The van der Waals surface area contributed by atoms with Crippen LogP contribution in [0.1, 0.15) is 45.7 Å². The summed E-state index contributed by atoms with van der Waals surface area (Å²) in [4.78, 5) is 12.5. The van der Waals surface area contributed by atoms with Crippen LogP contribution in [-0.2, 0) is 27.7 Å². The van der Waals surface area contributed by atoms with Gasteiger partial charge in [0.15, 0.2) is 0 Å². The lowest BCUT2D eigenvalue weighted by Gasteiger charge is -2.19. The van der Waals surface area contributed by atoms with Crippen molar-refractivity contribution in [3.05, 3.63) is 47.5 Å². The number of benzene rings is 2. The molecule has 32 heavy (non-hydrogen) atoms. The van der Waals surface area contributed by atoms with Crippen molar-refractivity contribution in [3.8, 4) is 5.75 Å². The molecule has 0 saturated heterocycles. The lowest BCUT2D eigenvalue weighted by molar-refractivity contribution is -0.122. The summed E-state index contributed by atoms with van der Waals surface area (Å²) in [6, 6.07) is 10.0. The Bertz CT molecular complexity index is 1030. The third-order valence-corrected chi connectivity index (χ3v) is 6.80. The van der Waals surface area contributed by atoms with Gasteiger partial charge in [-0.1, -0.05) is 39.8 Å². The van der Waals surface area contributed by atoms with Crippen LogP contribution in [0.2, 0.25) is 0 Å². The van der Waals surface area contributed by atoms with E-state index in [1.54, 1.807) is 13.0 Å². The maximum atomic E-state index is 13.2. The molecule has 0 aliphatic carbocycles. The Labute approximate surface area is 191 Å². The van der Waals surface area contributed by atoms with Crippen molar-refractivity contribution < 1.29 is 23.1 Å². The van der Waals surface area contributed by atoms with Gasteiger partial charge in [-0.05, 0) is 55.0 Å². The molecule has 8 heteroatoms. The number of amides is 1. The molecule has 176 valence electrons. The Balaban J connectivity index is 2.39. The molecule has 2 aromatic rings. The maximum absolute atomic E-state index is 13.2. The van der Waals surface area contributed by atoms with Crippen LogP contribution in [0.15, 0.2) is 41.3 Å². The fourth-order valence-corrected chi connectivity index (χ4v) is 4.81. The highest BCUT2D eigenvalue weighted by Gasteiger charge is 2.24. The molecule has 2 rings (SSSR count). The zero-order valence-corrected chi connectivity index (χ0v) is 20.3. The molecule has 0 heterocycles. The van der Waals surface area contributed by atoms with Gasteiger partial charge in [-0.2, -0.15) is 0 Å². The van der Waals surface area contributed by atoms with Crippen LogP contribution < -0.4 is 14.8 Å². The highest BCUT2D eigenvalue weighted by Crippen LogP contribution is 2.31. The Hall–Kier alpha value is -2.58. The Morgan fingerprint density at radius 2 is 1.81 bits per heavy atom. The largest absolute Gasteiger partial charge is 0.492 e. The lowest BCUT2D eigenvalue weighted by atomic mass is 9.96. The molecule has 0 spiro atoms. The topological polar surface area (TPSA) is 105 Å². The highest BCUT2D eigenvalue weighted by atomic mass is 32.2. The minimum Gasteiger partial charge on any atom is -0.492 e. The van der Waals surface area contributed by atoms with Crippen molar-refractivity contribution in [2.45, 2.75) is 52.4 Å². The fourth-order valence-electron chi connectivity index (χ4n) is 3.59. The smallest absolute Gasteiger partial charge is 0.265 e. The molecule has 7 nitrogen and oxygen atoms in total. The Morgan fingerprint density at radius 3 is 2.38 bits per heavy atom. The number of sulfonamides is 1. The van der Waals surface area contributed by atoms with Gasteiger partial charge in [0.05, 0.1) is 24.8 Å². The van der Waals surface area contributed by atoms with Gasteiger partial charge in [0.1, 0.15) is 10.6 Å². The molecule has 0 unspecified atom stereocenters. The molecule has 3 N–H and O–H groups in total. The second-order valence-corrected chi connectivity index (χ2v) is 9.52. The van der Waals surface area contributed by atoms with E-state index in [0.717, 1.165) is 17.5 Å². The summed E-state index contributed by atoms with van der Waals surface area (Å²) in [6.45, 7) is 9.48. The van der Waals surface area contributed by atoms with Crippen molar-refractivity contribution in [1.29, 1.82) is 0 Å². The van der Waals surface area contributed by atoms with Gasteiger partial charge >= 0.3 is 0 Å². The lowest BCUT2D eigenvalue weighted by Crippen LogP contribution is -2.29. The summed E-state index contributed by atoms with van der Waals surface area (Å²) in [5.74, 6) is -0.786. The van der Waals surface area contributed by atoms with Gasteiger partial charge in [-0.15, -0.1) is 0 Å². The van der Waals surface area contributed by atoms with Crippen LogP contribution in [0.25, 0.3) is 0 Å². The van der Waals surface area contributed by atoms with E-state index in [1.807, 2.05) is 39.8 Å². The summed E-state index contributed by atoms with van der Waals surface area (Å²) in [7, 11) is -3.93. The van der Waals surface area contributed by atoms with Crippen molar-refractivity contribution >= 4 is 27.3 Å². The van der Waals surface area contributed by atoms with E-state index in [2.05, 4.69) is 10.0 Å². The summed E-state index contributed by atoms with van der Waals surface area (Å²) in [5.41, 5.74) is 3.01. The molecule has 2 aromatic carbocycles. The second kappa shape index (κ2) is 11.3.